The van der Waals surface area contributed by atoms with Gasteiger partial charge in [-0.25, -0.2) is 0 Å². The molecule has 0 bridgehead atoms. The smallest absolute Gasteiger partial charge is 0.0494 e. The van der Waals surface area contributed by atoms with Crippen LogP contribution in [-0.4, -0.2) is 14.1 Å². The van der Waals surface area contributed by atoms with Crippen LogP contribution in [0, 0.1) is 0 Å². The Hall–Kier alpha value is -12.1. The summed E-state index contributed by atoms with van der Waals surface area (Å²) in [7, 11) is 4.31. The number of anilines is 4. The van der Waals surface area contributed by atoms with Gasteiger partial charge in [0, 0.05) is 47.6 Å². The molecule has 0 saturated heterocycles. The highest BCUT2D eigenvalue weighted by Gasteiger charge is 2.19. The van der Waals surface area contributed by atoms with Crippen LogP contribution in [0.1, 0.15) is 133 Å². The third-order valence-corrected chi connectivity index (χ3v) is 19.5. The van der Waals surface area contributed by atoms with Gasteiger partial charge in [0.2, 0.25) is 0 Å². The lowest BCUT2D eigenvalue weighted by Gasteiger charge is -2.23. The highest BCUT2D eigenvalue weighted by atomic mass is 15.1. The first-order valence-corrected chi connectivity index (χ1v) is 41.3. The number of hydrogen-bond donors (Lipinski definition) is 0. The summed E-state index contributed by atoms with van der Waals surface area (Å²) < 4.78 is 0. The number of rotatable bonds is 7. The summed E-state index contributed by atoms with van der Waals surface area (Å²) in [6.07, 6.45) is 2.21. The van der Waals surface area contributed by atoms with E-state index >= 15 is 0 Å². The third kappa shape index (κ3) is 20.1. The molecule has 2 aliphatic rings. The van der Waals surface area contributed by atoms with Crippen LogP contribution in [0.25, 0.3) is 120 Å². The second-order valence-corrected chi connectivity index (χ2v) is 25.2. The van der Waals surface area contributed by atoms with Gasteiger partial charge in [-0.3, -0.25) is 0 Å². The van der Waals surface area contributed by atoms with E-state index < -0.39 is 0 Å². The van der Waals surface area contributed by atoms with Crippen LogP contribution < -0.4 is 9.80 Å². The quantitative estimate of drug-likeness (QED) is 0.147. The summed E-state index contributed by atoms with van der Waals surface area (Å²) in [5, 5.41) is 15.3. The molecule has 0 N–H and O–H groups in total. The molecule has 2 nitrogen and oxygen atoms in total. The van der Waals surface area contributed by atoms with Crippen LogP contribution in [0.3, 0.4) is 0 Å². The first-order chi connectivity index (χ1) is 55.4. The molecule has 0 unspecified atom stereocenters. The minimum Gasteiger partial charge on any atom is -0.344 e. The summed E-state index contributed by atoms with van der Waals surface area (Å²) in [6, 6.07) is 131. The maximum Gasteiger partial charge on any atom is 0.0494 e. The minimum absolute atomic E-state index is 1.10. The number of fused-ring (bicyclic) bond motifs is 14. The molecule has 17 aromatic rings. The Balaban J connectivity index is 0.000000189. The lowest BCUT2D eigenvalue weighted by Crippen LogP contribution is -2.10. The van der Waals surface area contributed by atoms with E-state index in [0.717, 1.165) is 12.8 Å². The van der Waals surface area contributed by atoms with Gasteiger partial charge in [-0.15, -0.1) is 0 Å². The maximum absolute atomic E-state index is 2.30. The maximum atomic E-state index is 2.30. The van der Waals surface area contributed by atoms with Gasteiger partial charge in [0.15, 0.2) is 0 Å². The van der Waals surface area contributed by atoms with E-state index in [2.05, 4.69) is 388 Å². The van der Waals surface area contributed by atoms with Crippen molar-refractivity contribution in [2.75, 3.05) is 23.9 Å². The zero-order valence-electron chi connectivity index (χ0n) is 69.9. The van der Waals surface area contributed by atoms with Gasteiger partial charge in [0.05, 0.1) is 0 Å². The zero-order valence-corrected chi connectivity index (χ0v) is 69.9. The highest BCUT2D eigenvalue weighted by molar-refractivity contribution is 6.15. The van der Waals surface area contributed by atoms with Crippen molar-refractivity contribution in [3.05, 3.63) is 386 Å². The molecule has 0 atom stereocenters. The van der Waals surface area contributed by atoms with Crippen molar-refractivity contribution in [2.24, 2.45) is 0 Å². The molecule has 0 amide bonds. The predicted molar refractivity (Wildman–Crippen MR) is 503 cm³/mol. The van der Waals surface area contributed by atoms with E-state index in [1.54, 1.807) is 0 Å². The van der Waals surface area contributed by atoms with Crippen LogP contribution in [0.4, 0.5) is 22.7 Å². The molecule has 2 heteroatoms. The standard InChI is InChI=1S/C37H27N.C31H23N.2C13H10.8C2H6/c1-38(37-25-32-10-4-5-11-34(32)35-12-6-7-13-36(35)37)33-22-20-28(21-23-33)27-14-16-29(17-15-27)31-19-18-26-8-2-3-9-30(26)24-31;1-32(31-21-26-10-4-5-11-28(26)29-12-6-7-13-30(29)31)27-18-16-23(17-19-27)25-15-14-22-8-2-3-9-24(22)20-25;2*1-3-7-12-10(5-1)9-11-6-2-4-8-13(11)12;8*1-2/h2-25H,1H3;2-21H,1H3;2*1-8H,9H2;8*1-2H3. The van der Waals surface area contributed by atoms with Crippen LogP contribution in [0.15, 0.2) is 364 Å². The van der Waals surface area contributed by atoms with E-state index in [1.807, 2.05) is 111 Å². The monoisotopic (exact) mass is 1470 g/mol. The van der Waals surface area contributed by atoms with E-state index in [1.165, 1.54) is 165 Å². The Kier molecular flexibility index (Phi) is 34.0. The molecular weight excluding hydrogens is 1350 g/mol. The summed E-state index contributed by atoms with van der Waals surface area (Å²) in [6.45, 7) is 32.0. The van der Waals surface area contributed by atoms with Gasteiger partial charge in [-0.2, -0.15) is 0 Å². The number of benzene rings is 17. The Morgan fingerprint density at radius 3 is 0.688 bits per heavy atom. The minimum atomic E-state index is 1.10. The van der Waals surface area contributed by atoms with Crippen molar-refractivity contribution < 1.29 is 0 Å². The number of hydrogen-bond acceptors (Lipinski definition) is 2. The first kappa shape index (κ1) is 85.5. The van der Waals surface area contributed by atoms with Crippen molar-refractivity contribution in [2.45, 2.75) is 124 Å². The Labute approximate surface area is 672 Å². The van der Waals surface area contributed by atoms with Crippen LogP contribution in [-0.2, 0) is 12.8 Å². The number of nitrogens with zero attached hydrogens (tertiary/aromatic N) is 2. The second-order valence-electron chi connectivity index (χ2n) is 25.2. The van der Waals surface area contributed by atoms with Crippen molar-refractivity contribution >= 4 is 87.4 Å². The van der Waals surface area contributed by atoms with Crippen LogP contribution >= 0.6 is 0 Å². The SMILES string of the molecule is CC.CC.CC.CC.CC.CC.CC.CC.CN(c1ccc(-c2ccc(-c3ccc4ccccc4c3)cc2)cc1)c1cc2ccccc2c2ccccc12.CN(c1ccc(-c2ccc3ccccc3c2)cc1)c1cc2ccccc2c2ccccc12.c1ccc2c(c1)Cc1ccccc1-2.c1ccc2c(c1)Cc1ccccc1-2. The second kappa shape index (κ2) is 44.5. The lowest BCUT2D eigenvalue weighted by molar-refractivity contribution is 1.22. The predicted octanol–water partition coefficient (Wildman–Crippen LogP) is 33.6. The van der Waals surface area contributed by atoms with Gasteiger partial charge < -0.3 is 9.80 Å². The van der Waals surface area contributed by atoms with E-state index in [-0.39, 0.29) is 0 Å². The van der Waals surface area contributed by atoms with Gasteiger partial charge in [-0.05, 0) is 193 Å². The molecule has 0 spiro atoms. The molecule has 17 aromatic carbocycles. The van der Waals surface area contributed by atoms with Gasteiger partial charge in [-0.1, -0.05) is 426 Å². The third-order valence-electron chi connectivity index (χ3n) is 19.5. The Bertz CT molecular complexity index is 5510. The Morgan fingerprint density at radius 2 is 0.384 bits per heavy atom. The fraction of sp³-hybridized carbons (Fsp3) is 0.182. The first-order valence-electron chi connectivity index (χ1n) is 41.3. The highest BCUT2D eigenvalue weighted by Crippen LogP contribution is 2.42. The normalized spacial score (nSPS) is 10.3. The summed E-state index contributed by atoms with van der Waals surface area (Å²) in [5.41, 5.74) is 23.7. The topological polar surface area (TPSA) is 6.48 Å². The van der Waals surface area contributed by atoms with Gasteiger partial charge in [0.25, 0.3) is 0 Å². The summed E-state index contributed by atoms with van der Waals surface area (Å²) >= 11 is 0. The Morgan fingerprint density at radius 1 is 0.170 bits per heavy atom. The molecular formula is C110H118N2. The molecule has 0 radical (unpaired) electrons. The molecule has 112 heavy (non-hydrogen) atoms. The molecule has 2 aliphatic carbocycles. The van der Waals surface area contributed by atoms with Crippen molar-refractivity contribution in [1.82, 2.24) is 0 Å². The lowest BCUT2D eigenvalue weighted by atomic mass is 9.98. The molecule has 0 heterocycles. The van der Waals surface area contributed by atoms with E-state index in [0.29, 0.717) is 0 Å². The van der Waals surface area contributed by atoms with Crippen molar-refractivity contribution in [1.29, 1.82) is 0 Å². The van der Waals surface area contributed by atoms with Gasteiger partial charge >= 0.3 is 0 Å². The molecule has 0 saturated carbocycles. The zero-order chi connectivity index (χ0) is 80.3. The molecule has 568 valence electrons. The fourth-order valence-corrected chi connectivity index (χ4v) is 14.4. The molecule has 0 aromatic heterocycles. The van der Waals surface area contributed by atoms with Crippen molar-refractivity contribution in [3.63, 3.8) is 0 Å². The fourth-order valence-electron chi connectivity index (χ4n) is 14.4. The molecule has 0 aliphatic heterocycles. The van der Waals surface area contributed by atoms with Crippen LogP contribution in [0.2, 0.25) is 0 Å². The average Bonchev–Trinajstić information content (AvgIpc) is 1.13. The summed E-state index contributed by atoms with van der Waals surface area (Å²) in [5.74, 6) is 0. The average molecular weight is 1470 g/mol. The molecule has 19 rings (SSSR count). The van der Waals surface area contributed by atoms with Crippen molar-refractivity contribution in [3.8, 4) is 55.6 Å². The largest absolute Gasteiger partial charge is 0.344 e. The van der Waals surface area contributed by atoms with Gasteiger partial charge in [0.1, 0.15) is 0 Å². The van der Waals surface area contributed by atoms with Crippen LogP contribution in [0.5, 0.6) is 0 Å². The summed E-state index contributed by atoms with van der Waals surface area (Å²) in [4.78, 5) is 4.58. The molecule has 0 fully saturated rings. The van der Waals surface area contributed by atoms with E-state index in [9.17, 15) is 0 Å². The van der Waals surface area contributed by atoms with E-state index in [4.69, 9.17) is 0 Å².